The van der Waals surface area contributed by atoms with Gasteiger partial charge in [0.25, 0.3) is 11.8 Å². The van der Waals surface area contributed by atoms with E-state index < -0.39 is 0 Å². The van der Waals surface area contributed by atoms with Crippen LogP contribution in [0.1, 0.15) is 63.8 Å². The van der Waals surface area contributed by atoms with Crippen LogP contribution in [0.15, 0.2) is 72.4 Å². The number of likely N-dealkylation sites (tertiary alicyclic amines) is 1. The summed E-state index contributed by atoms with van der Waals surface area (Å²) < 4.78 is 0. The van der Waals surface area contributed by atoms with E-state index in [0.29, 0.717) is 28.4 Å². The van der Waals surface area contributed by atoms with E-state index in [-0.39, 0.29) is 17.9 Å². The number of imidazole rings is 1. The van der Waals surface area contributed by atoms with Gasteiger partial charge in [-0.3, -0.25) is 9.59 Å². The lowest BCUT2D eigenvalue weighted by atomic mass is 9.97. The second-order valence-corrected chi connectivity index (χ2v) is 9.95. The highest BCUT2D eigenvalue weighted by molar-refractivity contribution is 6.31. The quantitative estimate of drug-likeness (QED) is 0.431. The molecule has 2 heterocycles. The Morgan fingerprint density at radius 2 is 1.97 bits per heavy atom. The summed E-state index contributed by atoms with van der Waals surface area (Å²) in [5.74, 6) is 0.483. The molecule has 1 aliphatic heterocycles. The van der Waals surface area contributed by atoms with E-state index in [1.165, 1.54) is 0 Å². The molecule has 1 fully saturated rings. The lowest BCUT2D eigenvalue weighted by molar-refractivity contribution is 0.0791. The number of carbonyl (C=O) groups excluding carboxylic acids is 2. The third-order valence-corrected chi connectivity index (χ3v) is 7.04. The molecular formula is C29H29ClN4O2. The summed E-state index contributed by atoms with van der Waals surface area (Å²) in [6, 6.07) is 10.4. The van der Waals surface area contributed by atoms with Gasteiger partial charge in [-0.15, -0.1) is 0 Å². The van der Waals surface area contributed by atoms with Crippen LogP contribution < -0.4 is 5.32 Å². The summed E-state index contributed by atoms with van der Waals surface area (Å²) in [6.45, 7) is 7.47. The van der Waals surface area contributed by atoms with Crippen molar-refractivity contribution in [2.24, 2.45) is 0 Å². The molecule has 1 saturated heterocycles. The first-order valence-corrected chi connectivity index (χ1v) is 12.7. The highest BCUT2D eigenvalue weighted by atomic mass is 35.5. The lowest BCUT2D eigenvalue weighted by Gasteiger charge is -2.20. The summed E-state index contributed by atoms with van der Waals surface area (Å²) in [6.07, 6.45) is 9.62. The van der Waals surface area contributed by atoms with Crippen molar-refractivity contribution >= 4 is 34.4 Å². The number of fused-ring (bicyclic) bond motifs is 1. The number of carbonyl (C=O) groups is 2. The second kappa shape index (κ2) is 10.2. The molecule has 0 spiro atoms. The van der Waals surface area contributed by atoms with Crippen molar-refractivity contribution in [2.45, 2.75) is 38.6 Å². The molecule has 184 valence electrons. The smallest absolute Gasteiger partial charge is 0.254 e. The molecule has 6 nitrogen and oxygen atoms in total. The number of hydrogen-bond donors (Lipinski definition) is 2. The van der Waals surface area contributed by atoms with Gasteiger partial charge >= 0.3 is 0 Å². The van der Waals surface area contributed by atoms with Crippen molar-refractivity contribution in [2.75, 3.05) is 13.1 Å². The third kappa shape index (κ3) is 5.14. The highest BCUT2D eigenvalue weighted by Crippen LogP contribution is 2.27. The molecule has 2 aliphatic rings. The average molecular weight is 501 g/mol. The van der Waals surface area contributed by atoms with Gasteiger partial charge in [0.2, 0.25) is 0 Å². The molecule has 1 atom stereocenters. The minimum Gasteiger partial charge on any atom is -0.342 e. The van der Waals surface area contributed by atoms with Crippen LogP contribution in [0.3, 0.4) is 0 Å². The largest absolute Gasteiger partial charge is 0.342 e. The van der Waals surface area contributed by atoms with E-state index in [1.807, 2.05) is 36.1 Å². The van der Waals surface area contributed by atoms with Gasteiger partial charge in [0.05, 0.1) is 17.1 Å². The number of halogens is 1. The highest BCUT2D eigenvalue weighted by Gasteiger charge is 2.24. The van der Waals surface area contributed by atoms with E-state index in [2.05, 4.69) is 23.0 Å². The summed E-state index contributed by atoms with van der Waals surface area (Å²) in [7, 11) is 0. The fourth-order valence-corrected chi connectivity index (χ4v) is 4.94. The number of nitrogens with zero attached hydrogens (tertiary/aromatic N) is 2. The summed E-state index contributed by atoms with van der Waals surface area (Å²) in [4.78, 5) is 36.2. The monoisotopic (exact) mass is 500 g/mol. The maximum Gasteiger partial charge on any atom is 0.254 e. The Morgan fingerprint density at radius 1 is 1.17 bits per heavy atom. The molecule has 5 rings (SSSR count). The zero-order valence-corrected chi connectivity index (χ0v) is 21.1. The Morgan fingerprint density at radius 3 is 2.69 bits per heavy atom. The van der Waals surface area contributed by atoms with Crippen LogP contribution in [0.5, 0.6) is 0 Å². The van der Waals surface area contributed by atoms with Crippen LogP contribution in [0.2, 0.25) is 5.02 Å². The van der Waals surface area contributed by atoms with Gasteiger partial charge in [-0.1, -0.05) is 42.0 Å². The Hall–Kier alpha value is -3.64. The van der Waals surface area contributed by atoms with Gasteiger partial charge in [0.15, 0.2) is 0 Å². The maximum atomic E-state index is 13.4. The van der Waals surface area contributed by atoms with Crippen molar-refractivity contribution < 1.29 is 9.59 Å². The van der Waals surface area contributed by atoms with Crippen molar-refractivity contribution in [1.29, 1.82) is 0 Å². The third-order valence-electron chi connectivity index (χ3n) is 6.81. The average Bonchev–Trinajstić information content (AvgIpc) is 3.54. The van der Waals surface area contributed by atoms with E-state index in [0.717, 1.165) is 60.1 Å². The fraction of sp³-hybridized carbons (Fsp3) is 0.276. The molecule has 0 radical (unpaired) electrons. The number of rotatable bonds is 6. The molecule has 2 aromatic carbocycles. The molecule has 36 heavy (non-hydrogen) atoms. The normalized spacial score (nSPS) is 16.3. The molecule has 0 unspecified atom stereocenters. The maximum absolute atomic E-state index is 13.4. The molecule has 3 aromatic rings. The van der Waals surface area contributed by atoms with Crippen molar-refractivity contribution in [1.82, 2.24) is 20.2 Å². The molecule has 1 aliphatic carbocycles. The van der Waals surface area contributed by atoms with E-state index in [9.17, 15) is 9.59 Å². The molecule has 7 heteroatoms. The number of amides is 2. The Bertz CT molecular complexity index is 1410. The number of nitrogens with one attached hydrogen (secondary N) is 2. The zero-order valence-electron chi connectivity index (χ0n) is 20.3. The molecule has 2 N–H and O–H groups in total. The topological polar surface area (TPSA) is 78.1 Å². The van der Waals surface area contributed by atoms with Gasteiger partial charge in [0.1, 0.15) is 5.82 Å². The van der Waals surface area contributed by atoms with Gasteiger partial charge in [0, 0.05) is 29.2 Å². The van der Waals surface area contributed by atoms with Crippen LogP contribution in [0.4, 0.5) is 0 Å². The zero-order chi connectivity index (χ0) is 25.2. The first kappa shape index (κ1) is 24.1. The summed E-state index contributed by atoms with van der Waals surface area (Å²) in [5.41, 5.74) is 5.72. The van der Waals surface area contributed by atoms with E-state index in [1.54, 1.807) is 24.3 Å². The molecular weight excluding hydrogens is 472 g/mol. The Balaban J connectivity index is 1.40. The number of allylic oxidation sites excluding steroid dienone is 4. The Kier molecular flexibility index (Phi) is 6.79. The second-order valence-electron chi connectivity index (χ2n) is 9.52. The van der Waals surface area contributed by atoms with Crippen molar-refractivity contribution in [3.05, 3.63) is 99.9 Å². The van der Waals surface area contributed by atoms with Crippen LogP contribution in [-0.2, 0) is 0 Å². The fourth-order valence-electron chi connectivity index (χ4n) is 4.77. The van der Waals surface area contributed by atoms with Gasteiger partial charge in [-0.2, -0.15) is 0 Å². The first-order valence-electron chi connectivity index (χ1n) is 12.3. The summed E-state index contributed by atoms with van der Waals surface area (Å²) >= 11 is 6.16. The van der Waals surface area contributed by atoms with Crippen LogP contribution in [0, 0.1) is 6.92 Å². The van der Waals surface area contributed by atoms with Gasteiger partial charge < -0.3 is 15.2 Å². The molecule has 0 saturated carbocycles. The SMILES string of the molecule is C=C1C=CC(C[C@H](NC(=O)c2ccc(C(=O)N3CCCC3)c(C)c2)c2nc3ccc(Cl)cc3[nH]2)=CC1. The van der Waals surface area contributed by atoms with E-state index >= 15 is 0 Å². The number of benzene rings is 2. The summed E-state index contributed by atoms with van der Waals surface area (Å²) in [5, 5.41) is 3.78. The first-order chi connectivity index (χ1) is 17.4. The minimum atomic E-state index is -0.378. The number of aryl methyl sites for hydroxylation is 1. The molecule has 2 amide bonds. The lowest BCUT2D eigenvalue weighted by Crippen LogP contribution is -2.30. The van der Waals surface area contributed by atoms with Crippen LogP contribution >= 0.6 is 11.6 Å². The Labute approximate surface area is 215 Å². The predicted octanol–water partition coefficient (Wildman–Crippen LogP) is 6.06. The van der Waals surface area contributed by atoms with Gasteiger partial charge in [-0.05, 0) is 80.1 Å². The van der Waals surface area contributed by atoms with E-state index in [4.69, 9.17) is 16.6 Å². The van der Waals surface area contributed by atoms with Gasteiger partial charge in [-0.25, -0.2) is 4.98 Å². The number of H-pyrrole nitrogens is 1. The number of hydrogen-bond acceptors (Lipinski definition) is 3. The predicted molar refractivity (Wildman–Crippen MR) is 143 cm³/mol. The molecule has 0 bridgehead atoms. The number of aromatic nitrogens is 2. The van der Waals surface area contributed by atoms with Crippen LogP contribution in [0.25, 0.3) is 11.0 Å². The standard InChI is InChI=1S/C29H29ClN4O2/c1-18-5-7-20(8-6-18)16-26(27-31-24-12-10-22(30)17-25(24)32-27)33-28(35)21-9-11-23(19(2)15-21)29(36)34-13-3-4-14-34/h5,7-12,15,17,26H,1,3-4,6,13-14,16H2,2H3,(H,31,32)(H,33,35)/t26-/m0/s1. The number of aromatic amines is 1. The van der Waals surface area contributed by atoms with Crippen LogP contribution in [-0.4, -0.2) is 39.8 Å². The minimum absolute atomic E-state index is 0.0355. The van der Waals surface area contributed by atoms with Crippen molar-refractivity contribution in [3.8, 4) is 0 Å². The van der Waals surface area contributed by atoms with Crippen molar-refractivity contribution in [3.63, 3.8) is 0 Å². The molecule has 1 aromatic heterocycles.